The Morgan fingerprint density at radius 2 is 1.94 bits per heavy atom. The summed E-state index contributed by atoms with van der Waals surface area (Å²) in [6.07, 6.45) is 0. The molecule has 1 aromatic carbocycles. The van der Waals surface area contributed by atoms with Gasteiger partial charge < -0.3 is 19.5 Å². The van der Waals surface area contributed by atoms with Gasteiger partial charge in [-0.15, -0.1) is 0 Å². The van der Waals surface area contributed by atoms with Gasteiger partial charge in [-0.2, -0.15) is 0 Å². The summed E-state index contributed by atoms with van der Waals surface area (Å²) in [7, 11) is 0. The largest absolute Gasteiger partial charge is 0.486 e. The number of fused-ring (bicyclic) bond motifs is 1. The van der Waals surface area contributed by atoms with Crippen LogP contribution in [0, 0.1) is 0 Å². The maximum absolute atomic E-state index is 5.65. The van der Waals surface area contributed by atoms with Gasteiger partial charge in [-0.1, -0.05) is 13.0 Å². The van der Waals surface area contributed by atoms with Gasteiger partial charge in [0.2, 0.25) is 0 Å². The molecule has 0 spiro atoms. The van der Waals surface area contributed by atoms with Crippen LogP contribution in [-0.2, 0) is 10.2 Å². The Hall–Kier alpha value is -1.26. The molecule has 2 aliphatic heterocycles. The molecule has 1 fully saturated rings. The number of rotatable bonds is 4. The summed E-state index contributed by atoms with van der Waals surface area (Å²) < 4.78 is 16.6. The molecule has 2 heterocycles. The number of likely N-dealkylation sites (N-methyl/N-ethyl adjacent to an activating group) is 1. The van der Waals surface area contributed by atoms with E-state index in [2.05, 4.69) is 24.4 Å². The highest BCUT2D eigenvalue weighted by Gasteiger charge is 2.40. The van der Waals surface area contributed by atoms with E-state index in [0.29, 0.717) is 13.2 Å². The van der Waals surface area contributed by atoms with Gasteiger partial charge in [-0.05, 0) is 24.2 Å². The minimum atomic E-state index is 0.103. The summed E-state index contributed by atoms with van der Waals surface area (Å²) in [4.78, 5) is 0. The summed E-state index contributed by atoms with van der Waals surface area (Å²) in [5.74, 6) is 1.71. The van der Waals surface area contributed by atoms with Gasteiger partial charge in [0.1, 0.15) is 13.2 Å². The SMILES string of the molecule is CCNCC1(c2ccc3c(c2)OCCO3)COC1. The normalized spacial score (nSPS) is 20.3. The lowest BCUT2D eigenvalue weighted by Crippen LogP contribution is -2.53. The molecule has 0 amide bonds. The zero-order chi connectivity index (χ0) is 12.4. The third-order valence-electron chi connectivity index (χ3n) is 3.62. The van der Waals surface area contributed by atoms with Gasteiger partial charge in [-0.3, -0.25) is 0 Å². The van der Waals surface area contributed by atoms with Crippen molar-refractivity contribution in [3.63, 3.8) is 0 Å². The molecular weight excluding hydrogens is 230 g/mol. The first kappa shape index (κ1) is 11.8. The fourth-order valence-electron chi connectivity index (χ4n) is 2.46. The Balaban J connectivity index is 1.86. The van der Waals surface area contributed by atoms with Gasteiger partial charge in [0, 0.05) is 6.54 Å². The minimum absolute atomic E-state index is 0.103. The first-order valence-electron chi connectivity index (χ1n) is 6.53. The molecule has 4 heteroatoms. The topological polar surface area (TPSA) is 39.7 Å². The fraction of sp³-hybridized carbons (Fsp3) is 0.571. The van der Waals surface area contributed by atoms with E-state index in [-0.39, 0.29) is 5.41 Å². The van der Waals surface area contributed by atoms with Crippen LogP contribution in [0.2, 0.25) is 0 Å². The third kappa shape index (κ3) is 1.95. The highest BCUT2D eigenvalue weighted by Crippen LogP contribution is 2.38. The van der Waals surface area contributed by atoms with Crippen molar-refractivity contribution in [2.45, 2.75) is 12.3 Å². The Bertz CT molecular complexity index is 429. The van der Waals surface area contributed by atoms with Crippen LogP contribution in [-0.4, -0.2) is 39.5 Å². The molecule has 98 valence electrons. The van der Waals surface area contributed by atoms with Crippen molar-refractivity contribution in [3.05, 3.63) is 23.8 Å². The van der Waals surface area contributed by atoms with Crippen molar-refractivity contribution < 1.29 is 14.2 Å². The second-order valence-corrected chi connectivity index (χ2v) is 4.91. The molecule has 0 aliphatic carbocycles. The maximum Gasteiger partial charge on any atom is 0.161 e. The summed E-state index contributed by atoms with van der Waals surface area (Å²) in [5, 5.41) is 3.42. The fourth-order valence-corrected chi connectivity index (χ4v) is 2.46. The Kier molecular flexibility index (Phi) is 3.14. The van der Waals surface area contributed by atoms with Crippen LogP contribution in [0.1, 0.15) is 12.5 Å². The number of nitrogens with one attached hydrogen (secondary N) is 1. The van der Waals surface area contributed by atoms with Crippen LogP contribution in [0.4, 0.5) is 0 Å². The third-order valence-corrected chi connectivity index (χ3v) is 3.62. The van der Waals surface area contributed by atoms with E-state index in [1.165, 1.54) is 5.56 Å². The van der Waals surface area contributed by atoms with Gasteiger partial charge in [-0.25, -0.2) is 0 Å². The van der Waals surface area contributed by atoms with E-state index in [4.69, 9.17) is 14.2 Å². The maximum atomic E-state index is 5.65. The predicted octanol–water partition coefficient (Wildman–Crippen LogP) is 1.34. The molecular formula is C14H19NO3. The van der Waals surface area contributed by atoms with Crippen LogP contribution in [0.25, 0.3) is 0 Å². The second kappa shape index (κ2) is 4.78. The molecule has 0 bridgehead atoms. The van der Waals surface area contributed by atoms with E-state index < -0.39 is 0 Å². The van der Waals surface area contributed by atoms with Crippen LogP contribution < -0.4 is 14.8 Å². The molecule has 3 rings (SSSR count). The second-order valence-electron chi connectivity index (χ2n) is 4.91. The molecule has 1 saturated heterocycles. The van der Waals surface area contributed by atoms with Gasteiger partial charge in [0.25, 0.3) is 0 Å². The highest BCUT2D eigenvalue weighted by atomic mass is 16.6. The number of hydrogen-bond acceptors (Lipinski definition) is 4. The molecule has 4 nitrogen and oxygen atoms in total. The Morgan fingerprint density at radius 3 is 2.61 bits per heavy atom. The molecule has 0 aromatic heterocycles. The predicted molar refractivity (Wildman–Crippen MR) is 68.5 cm³/mol. The average molecular weight is 249 g/mol. The Morgan fingerprint density at radius 1 is 1.17 bits per heavy atom. The summed E-state index contributed by atoms with van der Waals surface area (Å²) in [6, 6.07) is 6.25. The lowest BCUT2D eigenvalue weighted by molar-refractivity contribution is -0.0589. The van der Waals surface area contributed by atoms with E-state index in [1.54, 1.807) is 0 Å². The zero-order valence-corrected chi connectivity index (χ0v) is 10.7. The summed E-state index contributed by atoms with van der Waals surface area (Å²) in [5.41, 5.74) is 1.38. The van der Waals surface area contributed by atoms with Crippen LogP contribution in [0.5, 0.6) is 11.5 Å². The molecule has 18 heavy (non-hydrogen) atoms. The number of ether oxygens (including phenoxy) is 3. The average Bonchev–Trinajstić information content (AvgIpc) is 2.37. The van der Waals surface area contributed by atoms with Crippen molar-refractivity contribution in [2.75, 3.05) is 39.5 Å². The molecule has 0 radical (unpaired) electrons. The highest BCUT2D eigenvalue weighted by molar-refractivity contribution is 5.46. The van der Waals surface area contributed by atoms with Crippen LogP contribution in [0.3, 0.4) is 0 Å². The molecule has 1 N–H and O–H groups in total. The van der Waals surface area contributed by atoms with Crippen molar-refractivity contribution in [2.24, 2.45) is 0 Å². The van der Waals surface area contributed by atoms with E-state index >= 15 is 0 Å². The van der Waals surface area contributed by atoms with E-state index in [0.717, 1.165) is 37.8 Å². The van der Waals surface area contributed by atoms with Crippen LogP contribution in [0.15, 0.2) is 18.2 Å². The Labute approximate surface area is 107 Å². The molecule has 0 atom stereocenters. The number of benzene rings is 1. The van der Waals surface area contributed by atoms with Gasteiger partial charge in [0.05, 0.1) is 18.6 Å². The number of hydrogen-bond donors (Lipinski definition) is 1. The lowest BCUT2D eigenvalue weighted by atomic mass is 9.78. The first-order valence-corrected chi connectivity index (χ1v) is 6.53. The van der Waals surface area contributed by atoms with Crippen molar-refractivity contribution in [1.29, 1.82) is 0 Å². The van der Waals surface area contributed by atoms with Crippen LogP contribution >= 0.6 is 0 Å². The van der Waals surface area contributed by atoms with E-state index in [1.807, 2.05) is 6.07 Å². The summed E-state index contributed by atoms with van der Waals surface area (Å²) >= 11 is 0. The minimum Gasteiger partial charge on any atom is -0.486 e. The lowest BCUT2D eigenvalue weighted by Gasteiger charge is -2.42. The first-order chi connectivity index (χ1) is 8.84. The van der Waals surface area contributed by atoms with Crippen molar-refractivity contribution in [3.8, 4) is 11.5 Å². The quantitative estimate of drug-likeness (QED) is 0.874. The monoisotopic (exact) mass is 249 g/mol. The van der Waals surface area contributed by atoms with Crippen molar-refractivity contribution in [1.82, 2.24) is 5.32 Å². The van der Waals surface area contributed by atoms with Gasteiger partial charge >= 0.3 is 0 Å². The molecule has 1 aromatic rings. The molecule has 2 aliphatic rings. The smallest absolute Gasteiger partial charge is 0.161 e. The summed E-state index contributed by atoms with van der Waals surface area (Å²) in [6.45, 7) is 6.87. The molecule has 0 saturated carbocycles. The zero-order valence-electron chi connectivity index (χ0n) is 10.7. The van der Waals surface area contributed by atoms with Crippen molar-refractivity contribution >= 4 is 0 Å². The van der Waals surface area contributed by atoms with E-state index in [9.17, 15) is 0 Å². The standard InChI is InChI=1S/C14H19NO3/c1-2-15-8-14(9-16-10-14)11-3-4-12-13(7-11)18-6-5-17-12/h3-4,7,15H,2,5-6,8-10H2,1H3. The molecule has 0 unspecified atom stereocenters. The van der Waals surface area contributed by atoms with Gasteiger partial charge in [0.15, 0.2) is 11.5 Å².